The van der Waals surface area contributed by atoms with Gasteiger partial charge in [0.25, 0.3) is 0 Å². The van der Waals surface area contributed by atoms with Crippen LogP contribution in [-0.2, 0) is 9.53 Å². The highest BCUT2D eigenvalue weighted by molar-refractivity contribution is 5.74. The van der Waals surface area contributed by atoms with E-state index in [9.17, 15) is 4.79 Å². The Bertz CT molecular complexity index is 487. The van der Waals surface area contributed by atoms with E-state index in [1.54, 1.807) is 0 Å². The number of hydrogen-bond donors (Lipinski definition) is 1. The Kier molecular flexibility index (Phi) is 4.29. The van der Waals surface area contributed by atoms with Gasteiger partial charge in [-0.2, -0.15) is 0 Å². The molecule has 3 atom stereocenters. The van der Waals surface area contributed by atoms with Crippen molar-refractivity contribution in [2.24, 2.45) is 11.3 Å². The van der Waals surface area contributed by atoms with Crippen molar-refractivity contribution in [3.05, 3.63) is 35.9 Å². The topological polar surface area (TPSA) is 38.3 Å². The fraction of sp³-hybridized carbons (Fsp3) is 0.611. The van der Waals surface area contributed by atoms with Gasteiger partial charge in [-0.05, 0) is 31.2 Å². The number of rotatable bonds is 3. The summed E-state index contributed by atoms with van der Waals surface area (Å²) in [4.78, 5) is 12.4. The van der Waals surface area contributed by atoms with Crippen molar-refractivity contribution in [2.45, 2.75) is 38.5 Å². The van der Waals surface area contributed by atoms with Gasteiger partial charge in [0.05, 0.1) is 12.5 Å². The zero-order valence-electron chi connectivity index (χ0n) is 12.8. The highest BCUT2D eigenvalue weighted by Crippen LogP contribution is 2.53. The van der Waals surface area contributed by atoms with Crippen LogP contribution < -0.4 is 5.32 Å². The number of carbonyl (C=O) groups is 1. The van der Waals surface area contributed by atoms with Gasteiger partial charge in [-0.15, -0.1) is 0 Å². The summed E-state index contributed by atoms with van der Waals surface area (Å²) in [6.07, 6.45) is 4.79. The molecular formula is C18H25NO2. The first-order valence-corrected chi connectivity index (χ1v) is 8.20. The molecule has 21 heavy (non-hydrogen) atoms. The van der Waals surface area contributed by atoms with Crippen LogP contribution in [0.4, 0.5) is 0 Å². The lowest BCUT2D eigenvalue weighted by Gasteiger charge is -2.44. The monoisotopic (exact) mass is 287 g/mol. The van der Waals surface area contributed by atoms with Gasteiger partial charge in [0.1, 0.15) is 0 Å². The number of esters is 1. The summed E-state index contributed by atoms with van der Waals surface area (Å²) in [5, 5.41) is 3.47. The Balaban J connectivity index is 1.93. The van der Waals surface area contributed by atoms with Gasteiger partial charge in [0.15, 0.2) is 0 Å². The van der Waals surface area contributed by atoms with Gasteiger partial charge in [-0.1, -0.05) is 43.2 Å². The van der Waals surface area contributed by atoms with Crippen LogP contribution in [0, 0.1) is 11.3 Å². The van der Waals surface area contributed by atoms with E-state index in [2.05, 4.69) is 35.6 Å². The van der Waals surface area contributed by atoms with Gasteiger partial charge in [-0.25, -0.2) is 0 Å². The second kappa shape index (κ2) is 6.18. The molecule has 3 rings (SSSR count). The fourth-order valence-electron chi connectivity index (χ4n) is 4.41. The lowest BCUT2D eigenvalue weighted by Crippen LogP contribution is -2.43. The molecule has 1 aromatic rings. The molecule has 1 saturated heterocycles. The molecule has 1 N–H and O–H groups in total. The summed E-state index contributed by atoms with van der Waals surface area (Å²) < 4.78 is 5.36. The molecule has 1 aliphatic carbocycles. The number of benzene rings is 1. The van der Waals surface area contributed by atoms with Gasteiger partial charge < -0.3 is 10.1 Å². The van der Waals surface area contributed by atoms with E-state index < -0.39 is 0 Å². The van der Waals surface area contributed by atoms with E-state index in [1.807, 2.05) is 6.92 Å². The third-order valence-corrected chi connectivity index (χ3v) is 5.35. The molecule has 3 nitrogen and oxygen atoms in total. The average Bonchev–Trinajstić information content (AvgIpc) is 2.93. The number of ether oxygens (including phenoxy) is 1. The molecule has 2 aliphatic rings. The normalized spacial score (nSPS) is 32.2. The van der Waals surface area contributed by atoms with E-state index in [-0.39, 0.29) is 17.3 Å². The second-order valence-electron chi connectivity index (χ2n) is 6.38. The van der Waals surface area contributed by atoms with E-state index in [0.717, 1.165) is 19.5 Å². The average molecular weight is 287 g/mol. The highest BCUT2D eigenvalue weighted by Gasteiger charge is 2.53. The van der Waals surface area contributed by atoms with Gasteiger partial charge >= 0.3 is 5.97 Å². The molecule has 0 bridgehead atoms. The van der Waals surface area contributed by atoms with Crippen molar-refractivity contribution in [3.8, 4) is 0 Å². The Morgan fingerprint density at radius 2 is 2.14 bits per heavy atom. The zero-order chi connectivity index (χ0) is 14.7. The minimum Gasteiger partial charge on any atom is -0.466 e. The van der Waals surface area contributed by atoms with Crippen molar-refractivity contribution in [3.63, 3.8) is 0 Å². The first-order valence-electron chi connectivity index (χ1n) is 8.20. The molecular weight excluding hydrogens is 262 g/mol. The standard InChI is InChI=1S/C18H25NO2/c1-2-21-17(20)16-12-19-13-18(16)11-7-6-10-15(18)14-8-4-3-5-9-14/h3-5,8-9,15-16,19H,2,6-7,10-13H2,1H3. The zero-order valence-corrected chi connectivity index (χ0v) is 12.8. The molecule has 1 heterocycles. The first-order chi connectivity index (χ1) is 10.3. The largest absolute Gasteiger partial charge is 0.466 e. The maximum Gasteiger partial charge on any atom is 0.310 e. The van der Waals surface area contributed by atoms with Gasteiger partial charge in [0.2, 0.25) is 0 Å². The molecule has 1 aromatic carbocycles. The van der Waals surface area contributed by atoms with Crippen LogP contribution in [0.3, 0.4) is 0 Å². The maximum atomic E-state index is 12.4. The number of nitrogens with one attached hydrogen (secondary N) is 1. The summed E-state index contributed by atoms with van der Waals surface area (Å²) in [6, 6.07) is 10.7. The lowest BCUT2D eigenvalue weighted by atomic mass is 9.59. The number of hydrogen-bond acceptors (Lipinski definition) is 3. The molecule has 1 aliphatic heterocycles. The van der Waals surface area contributed by atoms with E-state index in [0.29, 0.717) is 12.5 Å². The summed E-state index contributed by atoms with van der Waals surface area (Å²) >= 11 is 0. The molecule has 114 valence electrons. The van der Waals surface area contributed by atoms with Crippen LogP contribution in [0.1, 0.15) is 44.1 Å². The molecule has 0 radical (unpaired) electrons. The smallest absolute Gasteiger partial charge is 0.310 e. The van der Waals surface area contributed by atoms with Crippen molar-refractivity contribution in [1.82, 2.24) is 5.32 Å². The minimum absolute atomic E-state index is 0.00274. The molecule has 1 saturated carbocycles. The van der Waals surface area contributed by atoms with Crippen LogP contribution in [-0.4, -0.2) is 25.7 Å². The molecule has 2 fully saturated rings. The Labute approximate surface area is 127 Å². The number of carbonyl (C=O) groups excluding carboxylic acids is 1. The molecule has 3 unspecified atom stereocenters. The summed E-state index contributed by atoms with van der Waals surface area (Å²) in [7, 11) is 0. The summed E-state index contributed by atoms with van der Waals surface area (Å²) in [5.74, 6) is 0.463. The van der Waals surface area contributed by atoms with Crippen LogP contribution in [0.25, 0.3) is 0 Å². The SMILES string of the molecule is CCOC(=O)C1CNCC12CCCCC2c1ccccc1. The summed E-state index contributed by atoms with van der Waals surface area (Å²) in [5.41, 5.74) is 1.43. The van der Waals surface area contributed by atoms with Crippen LogP contribution in [0.5, 0.6) is 0 Å². The third-order valence-electron chi connectivity index (χ3n) is 5.35. The molecule has 0 aromatic heterocycles. The van der Waals surface area contributed by atoms with Crippen LogP contribution >= 0.6 is 0 Å². The van der Waals surface area contributed by atoms with Crippen molar-refractivity contribution in [1.29, 1.82) is 0 Å². The molecule has 1 spiro atoms. The molecule has 3 heteroatoms. The van der Waals surface area contributed by atoms with Crippen LogP contribution in [0.15, 0.2) is 30.3 Å². The van der Waals surface area contributed by atoms with E-state index in [4.69, 9.17) is 4.74 Å². The second-order valence-corrected chi connectivity index (χ2v) is 6.38. The van der Waals surface area contributed by atoms with Crippen molar-refractivity contribution >= 4 is 5.97 Å². The summed E-state index contributed by atoms with van der Waals surface area (Å²) in [6.45, 7) is 4.07. The quantitative estimate of drug-likeness (QED) is 0.868. The third kappa shape index (κ3) is 2.59. The predicted octanol–water partition coefficient (Wildman–Crippen LogP) is 3.11. The Morgan fingerprint density at radius 3 is 2.90 bits per heavy atom. The van der Waals surface area contributed by atoms with Crippen molar-refractivity contribution in [2.75, 3.05) is 19.7 Å². The first kappa shape index (κ1) is 14.6. The molecule has 0 amide bonds. The fourth-order valence-corrected chi connectivity index (χ4v) is 4.41. The van der Waals surface area contributed by atoms with E-state index in [1.165, 1.54) is 24.8 Å². The Morgan fingerprint density at radius 1 is 1.33 bits per heavy atom. The Hall–Kier alpha value is -1.35. The van der Waals surface area contributed by atoms with Gasteiger partial charge in [0, 0.05) is 18.5 Å². The van der Waals surface area contributed by atoms with Crippen LogP contribution in [0.2, 0.25) is 0 Å². The van der Waals surface area contributed by atoms with Crippen molar-refractivity contribution < 1.29 is 9.53 Å². The maximum absolute atomic E-state index is 12.4. The predicted molar refractivity (Wildman–Crippen MR) is 83.1 cm³/mol. The van der Waals surface area contributed by atoms with Gasteiger partial charge in [-0.3, -0.25) is 4.79 Å². The lowest BCUT2D eigenvalue weighted by molar-refractivity contribution is -0.152. The van der Waals surface area contributed by atoms with E-state index >= 15 is 0 Å². The minimum atomic E-state index is -0.00895. The highest BCUT2D eigenvalue weighted by atomic mass is 16.5.